The van der Waals surface area contributed by atoms with Crippen LogP contribution in [0.2, 0.25) is 5.02 Å². The predicted octanol–water partition coefficient (Wildman–Crippen LogP) is 2.73. The van der Waals surface area contributed by atoms with Crippen LogP contribution in [0.1, 0.15) is 5.56 Å². The Kier molecular flexibility index (Phi) is 2.70. The maximum absolute atomic E-state index is 7.61. The molecule has 1 aromatic heterocycles. The summed E-state index contributed by atoms with van der Waals surface area (Å²) in [5.41, 5.74) is 1.05. The lowest BCUT2D eigenvalue weighted by Gasteiger charge is -2.04. The molecule has 1 N–H and O–H groups in total. The molecule has 1 aromatic carbocycles. The topological polar surface area (TPSA) is 28.8 Å². The summed E-state index contributed by atoms with van der Waals surface area (Å²) in [5, 5.41) is 10.3. The first-order valence-corrected chi connectivity index (χ1v) is 5.45. The molecule has 0 saturated carbocycles. The number of aromatic nitrogens is 1. The number of nitrogens with one attached hydrogen (secondary N) is 1. The molecule has 2 nitrogen and oxygen atoms in total. The molecule has 2 aromatic rings. The molecule has 0 fully saturated rings. The number of benzene rings is 1. The fourth-order valence-electron chi connectivity index (χ4n) is 1.24. The highest BCUT2D eigenvalue weighted by Crippen LogP contribution is 2.15. The summed E-state index contributed by atoms with van der Waals surface area (Å²) < 4.78 is 1.87. The van der Waals surface area contributed by atoms with E-state index in [4.69, 9.17) is 17.0 Å². The van der Waals surface area contributed by atoms with E-state index < -0.39 is 0 Å². The summed E-state index contributed by atoms with van der Waals surface area (Å²) >= 11 is 7.44. The zero-order valence-corrected chi connectivity index (χ0v) is 8.98. The summed E-state index contributed by atoms with van der Waals surface area (Å²) in [6, 6.07) is 7.71. The van der Waals surface area contributed by atoms with Gasteiger partial charge in [0.2, 0.25) is 0 Å². The van der Waals surface area contributed by atoms with Gasteiger partial charge in [0.25, 0.3) is 0 Å². The van der Waals surface area contributed by atoms with Gasteiger partial charge in [-0.05, 0) is 11.6 Å². The van der Waals surface area contributed by atoms with Crippen molar-refractivity contribution in [2.45, 2.75) is 6.54 Å². The van der Waals surface area contributed by atoms with Crippen molar-refractivity contribution in [1.29, 1.82) is 5.41 Å². The standard InChI is InChI=1S/C10H9ClN2S/c11-9-4-2-1-3-8(9)7-13-5-6-14-10(13)12/h1-6,12H,7H2. The second-order valence-corrected chi connectivity index (χ2v) is 4.23. The molecule has 72 valence electrons. The lowest BCUT2D eigenvalue weighted by Crippen LogP contribution is -2.12. The summed E-state index contributed by atoms with van der Waals surface area (Å²) in [6.07, 6.45) is 1.90. The van der Waals surface area contributed by atoms with E-state index in [1.54, 1.807) is 0 Å². The summed E-state index contributed by atoms with van der Waals surface area (Å²) in [5.74, 6) is 0. The third-order valence-electron chi connectivity index (χ3n) is 1.98. The smallest absolute Gasteiger partial charge is 0.182 e. The van der Waals surface area contributed by atoms with Crippen molar-refractivity contribution in [1.82, 2.24) is 4.57 Å². The Morgan fingerprint density at radius 1 is 1.36 bits per heavy atom. The quantitative estimate of drug-likeness (QED) is 0.813. The lowest BCUT2D eigenvalue weighted by atomic mass is 10.2. The van der Waals surface area contributed by atoms with Gasteiger partial charge >= 0.3 is 0 Å². The van der Waals surface area contributed by atoms with Crippen molar-refractivity contribution >= 4 is 22.9 Å². The van der Waals surface area contributed by atoms with Gasteiger partial charge in [-0.25, -0.2) is 0 Å². The van der Waals surface area contributed by atoms with Crippen LogP contribution in [-0.2, 0) is 6.54 Å². The molecule has 0 radical (unpaired) electrons. The van der Waals surface area contributed by atoms with E-state index in [0.29, 0.717) is 11.3 Å². The molecule has 0 spiro atoms. The van der Waals surface area contributed by atoms with Crippen molar-refractivity contribution in [2.24, 2.45) is 0 Å². The summed E-state index contributed by atoms with van der Waals surface area (Å²) in [4.78, 5) is 0.546. The van der Waals surface area contributed by atoms with Gasteiger partial charge in [-0.3, -0.25) is 5.41 Å². The van der Waals surface area contributed by atoms with Gasteiger partial charge in [0.15, 0.2) is 4.80 Å². The highest BCUT2D eigenvalue weighted by Gasteiger charge is 2.00. The van der Waals surface area contributed by atoms with Crippen LogP contribution in [0.4, 0.5) is 0 Å². The third kappa shape index (κ3) is 1.89. The Bertz CT molecular complexity index is 487. The van der Waals surface area contributed by atoms with E-state index >= 15 is 0 Å². The fourth-order valence-corrected chi connectivity index (χ4v) is 2.03. The van der Waals surface area contributed by atoms with E-state index in [9.17, 15) is 0 Å². The van der Waals surface area contributed by atoms with E-state index in [-0.39, 0.29) is 0 Å². The normalized spacial score (nSPS) is 10.4. The number of thiazole rings is 1. The first-order valence-electron chi connectivity index (χ1n) is 4.19. The fraction of sp³-hybridized carbons (Fsp3) is 0.100. The average molecular weight is 225 g/mol. The molecule has 0 bridgehead atoms. The van der Waals surface area contributed by atoms with E-state index in [0.717, 1.165) is 10.6 Å². The van der Waals surface area contributed by atoms with E-state index in [1.165, 1.54) is 11.3 Å². The van der Waals surface area contributed by atoms with Gasteiger partial charge in [-0.15, -0.1) is 11.3 Å². The Hall–Kier alpha value is -1.06. The molecule has 1 heterocycles. The van der Waals surface area contributed by atoms with Crippen LogP contribution in [0.3, 0.4) is 0 Å². The SMILES string of the molecule is N=c1sccn1Cc1ccccc1Cl. The number of rotatable bonds is 2. The van der Waals surface area contributed by atoms with Gasteiger partial charge in [0.05, 0.1) is 6.54 Å². The minimum absolute atomic E-state index is 0.546. The summed E-state index contributed by atoms with van der Waals surface area (Å²) in [7, 11) is 0. The lowest BCUT2D eigenvalue weighted by molar-refractivity contribution is 0.760. The number of hydrogen-bond acceptors (Lipinski definition) is 2. The molecule has 0 aliphatic heterocycles. The monoisotopic (exact) mass is 224 g/mol. The van der Waals surface area contributed by atoms with Crippen LogP contribution in [0.15, 0.2) is 35.8 Å². The molecule has 0 aliphatic rings. The van der Waals surface area contributed by atoms with Crippen molar-refractivity contribution in [3.8, 4) is 0 Å². The van der Waals surface area contributed by atoms with Crippen LogP contribution in [0, 0.1) is 5.41 Å². The van der Waals surface area contributed by atoms with Crippen LogP contribution < -0.4 is 4.80 Å². The first-order chi connectivity index (χ1) is 6.77. The van der Waals surface area contributed by atoms with Crippen LogP contribution in [-0.4, -0.2) is 4.57 Å². The van der Waals surface area contributed by atoms with Gasteiger partial charge in [0, 0.05) is 16.6 Å². The zero-order chi connectivity index (χ0) is 9.97. The van der Waals surface area contributed by atoms with Crippen molar-refractivity contribution < 1.29 is 0 Å². The van der Waals surface area contributed by atoms with Gasteiger partial charge < -0.3 is 4.57 Å². The third-order valence-corrected chi connectivity index (χ3v) is 3.06. The maximum Gasteiger partial charge on any atom is 0.182 e. The minimum Gasteiger partial charge on any atom is -0.320 e. The van der Waals surface area contributed by atoms with Crippen LogP contribution in [0.5, 0.6) is 0 Å². The highest BCUT2D eigenvalue weighted by atomic mass is 35.5. The average Bonchev–Trinajstić information content (AvgIpc) is 2.56. The number of nitrogens with zero attached hydrogens (tertiary/aromatic N) is 1. The van der Waals surface area contributed by atoms with Crippen LogP contribution in [0.25, 0.3) is 0 Å². The largest absolute Gasteiger partial charge is 0.320 e. The van der Waals surface area contributed by atoms with E-state index in [1.807, 2.05) is 40.4 Å². The van der Waals surface area contributed by atoms with Gasteiger partial charge in [0.1, 0.15) is 0 Å². The number of hydrogen-bond donors (Lipinski definition) is 1. The second-order valence-electron chi connectivity index (χ2n) is 2.93. The van der Waals surface area contributed by atoms with Crippen molar-refractivity contribution in [2.75, 3.05) is 0 Å². The molecule has 0 amide bonds. The molecule has 0 aliphatic carbocycles. The summed E-state index contributed by atoms with van der Waals surface area (Å²) in [6.45, 7) is 0.669. The molecular weight excluding hydrogens is 216 g/mol. The van der Waals surface area contributed by atoms with Gasteiger partial charge in [-0.2, -0.15) is 0 Å². The first kappa shape index (κ1) is 9.49. The second kappa shape index (κ2) is 3.98. The number of halogens is 1. The van der Waals surface area contributed by atoms with Crippen molar-refractivity contribution in [3.05, 3.63) is 51.2 Å². The maximum atomic E-state index is 7.61. The Morgan fingerprint density at radius 2 is 2.14 bits per heavy atom. The molecule has 4 heteroatoms. The molecule has 2 rings (SSSR count). The minimum atomic E-state index is 0.546. The zero-order valence-electron chi connectivity index (χ0n) is 7.40. The van der Waals surface area contributed by atoms with E-state index in [2.05, 4.69) is 0 Å². The molecule has 0 atom stereocenters. The predicted molar refractivity (Wildman–Crippen MR) is 58.7 cm³/mol. The molecule has 0 unspecified atom stereocenters. The Morgan fingerprint density at radius 3 is 2.79 bits per heavy atom. The Balaban J connectivity index is 2.32. The molecular formula is C10H9ClN2S. The Labute approximate surface area is 90.9 Å². The van der Waals surface area contributed by atoms with Crippen molar-refractivity contribution in [3.63, 3.8) is 0 Å². The van der Waals surface area contributed by atoms with Crippen LogP contribution >= 0.6 is 22.9 Å². The highest BCUT2D eigenvalue weighted by molar-refractivity contribution is 7.06. The molecule has 14 heavy (non-hydrogen) atoms. The van der Waals surface area contributed by atoms with Gasteiger partial charge in [-0.1, -0.05) is 29.8 Å². The molecule has 0 saturated heterocycles.